The molecule has 2 atom stereocenters. The molecule has 14 nitrogen and oxygen atoms in total. The molecule has 0 unspecified atom stereocenters. The number of hydrogen-bond acceptors (Lipinski definition) is 13. The standard InChI is InChI=1S/C46H51N5O9S2/c1-10-27-21-23-28(24-22-27)31-25-61-39-34(38(53)51(39)35(31)40(54)57-36(29-17-13-11-14-18-29)30-19-15-12-16-20-30)48-37(52)33(50-60-46(8,9)41(55)58-44(2,3)4)32-26-62-42(47-32)49-43(56)59-45(5,6)7/h11-24,26,34,36,39H,10,25H2,1-9H3,(H,48,52)(H,47,49,56)/b50-33-/t34-,39-/m1/s1. The summed E-state index contributed by atoms with van der Waals surface area (Å²) in [5.74, 6) is -2.54. The maximum atomic E-state index is 14.6. The maximum absolute atomic E-state index is 14.6. The third kappa shape index (κ3) is 10.9. The van der Waals surface area contributed by atoms with Crippen LogP contribution in [0, 0.1) is 0 Å². The average Bonchev–Trinajstić information content (AvgIpc) is 3.68. The van der Waals surface area contributed by atoms with Crippen molar-refractivity contribution in [2.45, 2.75) is 103 Å². The number of rotatable bonds is 13. The highest BCUT2D eigenvalue weighted by Gasteiger charge is 2.55. The Kier molecular flexibility index (Phi) is 13.6. The minimum Gasteiger partial charge on any atom is -0.457 e. The molecule has 2 N–H and O–H groups in total. The largest absolute Gasteiger partial charge is 0.457 e. The molecule has 6 rings (SSSR count). The summed E-state index contributed by atoms with van der Waals surface area (Å²) in [5.41, 5.74) is 0.384. The zero-order chi connectivity index (χ0) is 45.0. The van der Waals surface area contributed by atoms with Crippen LogP contribution in [0.4, 0.5) is 9.93 Å². The van der Waals surface area contributed by atoms with Crippen LogP contribution >= 0.6 is 23.1 Å². The minimum atomic E-state index is -1.65. The highest BCUT2D eigenvalue weighted by molar-refractivity contribution is 8.00. The van der Waals surface area contributed by atoms with Crippen molar-refractivity contribution in [2.75, 3.05) is 11.1 Å². The summed E-state index contributed by atoms with van der Waals surface area (Å²) < 4.78 is 17.2. The summed E-state index contributed by atoms with van der Waals surface area (Å²) in [6.45, 7) is 15.2. The van der Waals surface area contributed by atoms with Crippen LogP contribution in [0.5, 0.6) is 0 Å². The lowest BCUT2D eigenvalue weighted by molar-refractivity contribution is -0.179. The third-order valence-corrected chi connectivity index (χ3v) is 11.5. The molecule has 16 heteroatoms. The molecule has 62 heavy (non-hydrogen) atoms. The molecule has 2 aliphatic heterocycles. The number of amides is 3. The maximum Gasteiger partial charge on any atom is 0.413 e. The molecule has 1 fully saturated rings. The summed E-state index contributed by atoms with van der Waals surface area (Å²) in [7, 11) is 0. The van der Waals surface area contributed by atoms with E-state index in [0.29, 0.717) is 11.3 Å². The Morgan fingerprint density at radius 2 is 1.45 bits per heavy atom. The van der Waals surface area contributed by atoms with Gasteiger partial charge in [0.2, 0.25) is 5.60 Å². The van der Waals surface area contributed by atoms with E-state index in [2.05, 4.69) is 27.7 Å². The van der Waals surface area contributed by atoms with Crippen LogP contribution in [0.25, 0.3) is 5.57 Å². The smallest absolute Gasteiger partial charge is 0.413 e. The zero-order valence-electron chi connectivity index (χ0n) is 36.1. The van der Waals surface area contributed by atoms with Crippen molar-refractivity contribution in [3.63, 3.8) is 0 Å². The molecule has 3 amide bonds. The number of oxime groups is 1. The second kappa shape index (κ2) is 18.5. The number of thiazole rings is 1. The number of anilines is 1. The molecule has 0 bridgehead atoms. The minimum absolute atomic E-state index is 0.0201. The van der Waals surface area contributed by atoms with Gasteiger partial charge in [0.1, 0.15) is 34.0 Å². The summed E-state index contributed by atoms with van der Waals surface area (Å²) >= 11 is 2.37. The Bertz CT molecular complexity index is 2330. The number of aromatic nitrogens is 1. The number of carbonyl (C=O) groups excluding carboxylic acids is 5. The number of thioether (sulfide) groups is 1. The first-order valence-electron chi connectivity index (χ1n) is 20.1. The molecule has 1 aromatic heterocycles. The van der Waals surface area contributed by atoms with Crippen LogP contribution in [0.2, 0.25) is 0 Å². The number of hydrogen-bond donors (Lipinski definition) is 2. The van der Waals surface area contributed by atoms with E-state index in [1.807, 2.05) is 84.9 Å². The average molecular weight is 882 g/mol. The molecule has 4 aromatic rings. The number of carbonyl (C=O) groups is 5. The van der Waals surface area contributed by atoms with E-state index in [0.717, 1.165) is 40.0 Å². The lowest BCUT2D eigenvalue weighted by atomic mass is 9.97. The Balaban J connectivity index is 1.31. The van der Waals surface area contributed by atoms with Crippen molar-refractivity contribution < 1.29 is 43.0 Å². The second-order valence-corrected chi connectivity index (χ2v) is 19.0. The Labute approximate surface area is 369 Å². The van der Waals surface area contributed by atoms with Gasteiger partial charge in [-0.25, -0.2) is 19.4 Å². The van der Waals surface area contributed by atoms with Crippen molar-refractivity contribution >= 4 is 69.4 Å². The van der Waals surface area contributed by atoms with Gasteiger partial charge in [-0.3, -0.25) is 19.8 Å². The van der Waals surface area contributed by atoms with E-state index in [-0.39, 0.29) is 22.2 Å². The number of nitrogens with one attached hydrogen (secondary N) is 2. The van der Waals surface area contributed by atoms with Gasteiger partial charge in [0.25, 0.3) is 11.8 Å². The van der Waals surface area contributed by atoms with E-state index in [1.54, 1.807) is 41.5 Å². The van der Waals surface area contributed by atoms with Crippen molar-refractivity contribution in [3.05, 3.63) is 124 Å². The Morgan fingerprint density at radius 3 is 2.02 bits per heavy atom. The van der Waals surface area contributed by atoms with E-state index >= 15 is 0 Å². The fraction of sp³-hybridized carbons (Fsp3) is 0.370. The van der Waals surface area contributed by atoms with Crippen LogP contribution in [0.15, 0.2) is 101 Å². The number of nitrogens with zero attached hydrogens (tertiary/aromatic N) is 3. The second-order valence-electron chi connectivity index (χ2n) is 17.1. The molecular weight excluding hydrogens is 831 g/mol. The molecular formula is C46H51N5O9S2. The quantitative estimate of drug-likeness (QED) is 0.0437. The van der Waals surface area contributed by atoms with Crippen molar-refractivity contribution in [1.29, 1.82) is 0 Å². The van der Waals surface area contributed by atoms with Gasteiger partial charge in [-0.05, 0) is 84.1 Å². The molecule has 0 spiro atoms. The number of benzene rings is 3. The van der Waals surface area contributed by atoms with E-state index in [9.17, 15) is 24.0 Å². The SMILES string of the molecule is CCc1ccc(C2=C(C(=O)OC(c3ccccc3)c3ccccc3)N3C(=O)[C@@H](NC(=O)/C(=N\OC(C)(C)C(=O)OC(C)(C)C)c4csc(NC(=O)OC(C)(C)C)n4)[C@H]3SC2)cc1. The first-order chi connectivity index (χ1) is 29.2. The van der Waals surface area contributed by atoms with Crippen molar-refractivity contribution in [2.24, 2.45) is 5.16 Å². The summed E-state index contributed by atoms with van der Waals surface area (Å²) in [6.07, 6.45) is -0.720. The van der Waals surface area contributed by atoms with Gasteiger partial charge < -0.3 is 24.4 Å². The molecule has 0 radical (unpaired) electrons. The predicted octanol–water partition coefficient (Wildman–Crippen LogP) is 8.04. The van der Waals surface area contributed by atoms with Crippen LogP contribution in [-0.4, -0.2) is 79.4 Å². The van der Waals surface area contributed by atoms with Crippen LogP contribution in [-0.2, 0) is 44.6 Å². The van der Waals surface area contributed by atoms with E-state index < -0.39 is 64.2 Å². The third-order valence-electron chi connectivity index (χ3n) is 9.41. The van der Waals surface area contributed by atoms with Crippen LogP contribution in [0.3, 0.4) is 0 Å². The fourth-order valence-corrected chi connectivity index (χ4v) is 8.42. The zero-order valence-corrected chi connectivity index (χ0v) is 37.8. The molecule has 326 valence electrons. The van der Waals surface area contributed by atoms with Gasteiger partial charge in [-0.15, -0.1) is 23.1 Å². The summed E-state index contributed by atoms with van der Waals surface area (Å²) in [6, 6.07) is 25.4. The number of β-lactam (4-membered cyclic amide) rings is 1. The van der Waals surface area contributed by atoms with Gasteiger partial charge in [-0.1, -0.05) is 97.0 Å². The van der Waals surface area contributed by atoms with Crippen LogP contribution < -0.4 is 10.6 Å². The highest BCUT2D eigenvalue weighted by atomic mass is 32.2. The number of aryl methyl sites for hydroxylation is 1. The van der Waals surface area contributed by atoms with Gasteiger partial charge in [0, 0.05) is 16.7 Å². The first-order valence-corrected chi connectivity index (χ1v) is 22.0. The van der Waals surface area contributed by atoms with Gasteiger partial charge in [0.05, 0.1) is 0 Å². The molecule has 0 saturated carbocycles. The predicted molar refractivity (Wildman–Crippen MR) is 238 cm³/mol. The van der Waals surface area contributed by atoms with Crippen molar-refractivity contribution in [1.82, 2.24) is 15.2 Å². The fourth-order valence-electron chi connectivity index (χ4n) is 6.36. The number of fused-ring (bicyclic) bond motifs is 1. The van der Waals surface area contributed by atoms with E-state index in [4.69, 9.17) is 19.0 Å². The lowest BCUT2D eigenvalue weighted by Gasteiger charge is -2.49. The highest BCUT2D eigenvalue weighted by Crippen LogP contribution is 2.44. The van der Waals surface area contributed by atoms with Gasteiger partial charge in [-0.2, -0.15) is 0 Å². The lowest BCUT2D eigenvalue weighted by Crippen LogP contribution is -2.71. The first kappa shape index (κ1) is 45.5. The van der Waals surface area contributed by atoms with Gasteiger partial charge in [0.15, 0.2) is 16.9 Å². The summed E-state index contributed by atoms with van der Waals surface area (Å²) in [5, 5.41) is 10.3. The molecule has 2 aliphatic rings. The summed E-state index contributed by atoms with van der Waals surface area (Å²) in [4.78, 5) is 80.2. The molecule has 0 aliphatic carbocycles. The van der Waals surface area contributed by atoms with Crippen LogP contribution in [0.1, 0.15) is 96.4 Å². The Hall–Kier alpha value is -6.00. The Morgan fingerprint density at radius 1 is 0.855 bits per heavy atom. The number of ether oxygens (including phenoxy) is 3. The monoisotopic (exact) mass is 881 g/mol. The van der Waals surface area contributed by atoms with Crippen molar-refractivity contribution in [3.8, 4) is 0 Å². The molecule has 3 heterocycles. The van der Waals surface area contributed by atoms with Gasteiger partial charge >= 0.3 is 18.0 Å². The number of esters is 2. The normalized spacial score (nSPS) is 16.8. The molecule has 3 aromatic carbocycles. The topological polar surface area (TPSA) is 175 Å². The molecule has 1 saturated heterocycles. The van der Waals surface area contributed by atoms with E-state index in [1.165, 1.54) is 35.9 Å².